The predicted molar refractivity (Wildman–Crippen MR) is 46.3 cm³/mol. The van der Waals surface area contributed by atoms with Gasteiger partial charge in [-0.15, -0.1) is 0 Å². The van der Waals surface area contributed by atoms with E-state index in [0.29, 0.717) is 11.8 Å². The van der Waals surface area contributed by atoms with Crippen molar-refractivity contribution in [2.75, 3.05) is 0 Å². The minimum Gasteiger partial charge on any atom is -0.295 e. The Bertz CT molecular complexity index is 179. The second-order valence-corrected chi connectivity index (χ2v) is 3.77. The molecule has 1 fully saturated rings. The second-order valence-electron chi connectivity index (χ2n) is 3.77. The standard InChI is InChI=1S/C10H16O/c1-7(2)9-4-5-10(11)8(3)6-9/h7,9H,3-6H2,1-2H3. The molecule has 1 saturated carbocycles. The van der Waals surface area contributed by atoms with Gasteiger partial charge in [-0.3, -0.25) is 4.79 Å². The molecule has 1 aliphatic rings. The number of rotatable bonds is 1. The zero-order valence-corrected chi connectivity index (χ0v) is 7.39. The van der Waals surface area contributed by atoms with E-state index in [1.807, 2.05) is 0 Å². The number of carbonyl (C=O) groups excluding carboxylic acids is 1. The summed E-state index contributed by atoms with van der Waals surface area (Å²) >= 11 is 0. The highest BCUT2D eigenvalue weighted by Crippen LogP contribution is 2.30. The van der Waals surface area contributed by atoms with Crippen LogP contribution in [-0.2, 0) is 4.79 Å². The van der Waals surface area contributed by atoms with Crippen LogP contribution in [0.25, 0.3) is 0 Å². The molecule has 1 rings (SSSR count). The molecular weight excluding hydrogens is 136 g/mol. The van der Waals surface area contributed by atoms with Crippen LogP contribution in [-0.4, -0.2) is 5.78 Å². The first kappa shape index (κ1) is 8.51. The van der Waals surface area contributed by atoms with Gasteiger partial charge in [0.15, 0.2) is 5.78 Å². The van der Waals surface area contributed by atoms with E-state index >= 15 is 0 Å². The van der Waals surface area contributed by atoms with Crippen LogP contribution in [0, 0.1) is 11.8 Å². The molecule has 0 N–H and O–H groups in total. The van der Waals surface area contributed by atoms with Crippen molar-refractivity contribution in [1.82, 2.24) is 0 Å². The molecule has 1 atom stereocenters. The van der Waals surface area contributed by atoms with Gasteiger partial charge in [-0.25, -0.2) is 0 Å². The van der Waals surface area contributed by atoms with Crippen LogP contribution in [0.3, 0.4) is 0 Å². The normalized spacial score (nSPS) is 26.3. The lowest BCUT2D eigenvalue weighted by Crippen LogP contribution is -2.20. The molecule has 0 aromatic rings. The first-order valence-electron chi connectivity index (χ1n) is 4.32. The summed E-state index contributed by atoms with van der Waals surface area (Å²) in [6.45, 7) is 8.21. The molecule has 0 aromatic heterocycles. The summed E-state index contributed by atoms with van der Waals surface area (Å²) < 4.78 is 0. The molecule has 0 amide bonds. The van der Waals surface area contributed by atoms with Crippen LogP contribution in [0.5, 0.6) is 0 Å². The van der Waals surface area contributed by atoms with Gasteiger partial charge in [-0.2, -0.15) is 0 Å². The van der Waals surface area contributed by atoms with Crippen molar-refractivity contribution in [2.45, 2.75) is 33.1 Å². The van der Waals surface area contributed by atoms with Crippen LogP contribution in [0.15, 0.2) is 12.2 Å². The zero-order valence-electron chi connectivity index (χ0n) is 7.39. The van der Waals surface area contributed by atoms with Gasteiger partial charge in [-0.05, 0) is 30.3 Å². The fourth-order valence-corrected chi connectivity index (χ4v) is 1.59. The summed E-state index contributed by atoms with van der Waals surface area (Å²) in [5.74, 6) is 1.67. The Labute approximate surface area is 68.5 Å². The topological polar surface area (TPSA) is 17.1 Å². The highest BCUT2D eigenvalue weighted by molar-refractivity contribution is 5.95. The summed E-state index contributed by atoms with van der Waals surface area (Å²) in [7, 11) is 0. The van der Waals surface area contributed by atoms with E-state index in [-0.39, 0.29) is 5.78 Å². The number of ketones is 1. The molecule has 0 bridgehead atoms. The van der Waals surface area contributed by atoms with Crippen molar-refractivity contribution in [3.05, 3.63) is 12.2 Å². The van der Waals surface area contributed by atoms with Crippen molar-refractivity contribution < 1.29 is 4.79 Å². The van der Waals surface area contributed by atoms with Crippen LogP contribution >= 0.6 is 0 Å². The van der Waals surface area contributed by atoms with Gasteiger partial charge < -0.3 is 0 Å². The SMILES string of the molecule is C=C1CC(C(C)C)CCC1=O. The Morgan fingerprint density at radius 1 is 1.55 bits per heavy atom. The average Bonchev–Trinajstić information content (AvgIpc) is 1.94. The fourth-order valence-electron chi connectivity index (χ4n) is 1.59. The largest absolute Gasteiger partial charge is 0.295 e. The van der Waals surface area contributed by atoms with Gasteiger partial charge in [0.1, 0.15) is 0 Å². The van der Waals surface area contributed by atoms with Crippen LogP contribution < -0.4 is 0 Å². The second kappa shape index (κ2) is 3.21. The number of hydrogen-bond acceptors (Lipinski definition) is 1. The van der Waals surface area contributed by atoms with Crippen molar-refractivity contribution in [3.8, 4) is 0 Å². The lowest BCUT2D eigenvalue weighted by Gasteiger charge is -2.25. The predicted octanol–water partition coefficient (Wildman–Crippen LogP) is 2.57. The smallest absolute Gasteiger partial charge is 0.158 e. The first-order chi connectivity index (χ1) is 5.11. The first-order valence-corrected chi connectivity index (χ1v) is 4.32. The molecule has 0 radical (unpaired) electrons. The minimum absolute atomic E-state index is 0.280. The molecule has 62 valence electrons. The zero-order chi connectivity index (χ0) is 8.43. The molecule has 11 heavy (non-hydrogen) atoms. The maximum Gasteiger partial charge on any atom is 0.158 e. The lowest BCUT2D eigenvalue weighted by atomic mass is 9.79. The average molecular weight is 152 g/mol. The van der Waals surface area contributed by atoms with Gasteiger partial charge in [-0.1, -0.05) is 20.4 Å². The van der Waals surface area contributed by atoms with Crippen molar-refractivity contribution in [1.29, 1.82) is 0 Å². The summed E-state index contributed by atoms with van der Waals surface area (Å²) in [5, 5.41) is 0. The van der Waals surface area contributed by atoms with Crippen molar-refractivity contribution in [3.63, 3.8) is 0 Å². The molecule has 1 unspecified atom stereocenters. The number of carbonyl (C=O) groups is 1. The monoisotopic (exact) mass is 152 g/mol. The van der Waals surface area contributed by atoms with Gasteiger partial charge in [0.25, 0.3) is 0 Å². The van der Waals surface area contributed by atoms with Crippen LogP contribution in [0.2, 0.25) is 0 Å². The van der Waals surface area contributed by atoms with E-state index in [9.17, 15) is 4.79 Å². The van der Waals surface area contributed by atoms with Crippen molar-refractivity contribution >= 4 is 5.78 Å². The Morgan fingerprint density at radius 3 is 2.64 bits per heavy atom. The third-order valence-corrected chi connectivity index (χ3v) is 2.59. The summed E-state index contributed by atoms with van der Waals surface area (Å²) in [4.78, 5) is 11.1. The van der Waals surface area contributed by atoms with E-state index in [2.05, 4.69) is 20.4 Å². The molecule has 1 nitrogen and oxygen atoms in total. The summed E-state index contributed by atoms with van der Waals surface area (Å²) in [6, 6.07) is 0. The lowest BCUT2D eigenvalue weighted by molar-refractivity contribution is -0.117. The Morgan fingerprint density at radius 2 is 2.18 bits per heavy atom. The van der Waals surface area contributed by atoms with Gasteiger partial charge in [0, 0.05) is 6.42 Å². The van der Waals surface area contributed by atoms with E-state index in [4.69, 9.17) is 0 Å². The third-order valence-electron chi connectivity index (χ3n) is 2.59. The fraction of sp³-hybridized carbons (Fsp3) is 0.700. The molecule has 0 spiro atoms. The molecule has 0 heterocycles. The maximum absolute atomic E-state index is 11.1. The maximum atomic E-state index is 11.1. The van der Waals surface area contributed by atoms with Gasteiger partial charge >= 0.3 is 0 Å². The van der Waals surface area contributed by atoms with Gasteiger partial charge in [0.2, 0.25) is 0 Å². The van der Waals surface area contributed by atoms with Gasteiger partial charge in [0.05, 0.1) is 0 Å². The molecular formula is C10H16O. The van der Waals surface area contributed by atoms with Crippen LogP contribution in [0.1, 0.15) is 33.1 Å². The highest BCUT2D eigenvalue weighted by atomic mass is 16.1. The molecule has 0 saturated heterocycles. The summed E-state index contributed by atoms with van der Waals surface area (Å²) in [5.41, 5.74) is 0.843. The Balaban J connectivity index is 2.53. The van der Waals surface area contributed by atoms with E-state index < -0.39 is 0 Å². The van der Waals surface area contributed by atoms with Crippen molar-refractivity contribution in [2.24, 2.45) is 11.8 Å². The Kier molecular flexibility index (Phi) is 2.48. The number of allylic oxidation sites excluding steroid dienone is 1. The summed E-state index contributed by atoms with van der Waals surface area (Å²) in [6.07, 6.45) is 2.72. The quantitative estimate of drug-likeness (QED) is 0.528. The van der Waals surface area contributed by atoms with E-state index in [1.54, 1.807) is 0 Å². The molecule has 0 aromatic carbocycles. The van der Waals surface area contributed by atoms with E-state index in [1.165, 1.54) is 0 Å². The van der Waals surface area contributed by atoms with E-state index in [0.717, 1.165) is 24.8 Å². The molecule has 0 aliphatic heterocycles. The third kappa shape index (κ3) is 1.92. The minimum atomic E-state index is 0.280. The molecule has 1 heteroatoms. The van der Waals surface area contributed by atoms with Crippen LogP contribution in [0.4, 0.5) is 0 Å². The highest BCUT2D eigenvalue weighted by Gasteiger charge is 2.23. The number of hydrogen-bond donors (Lipinski definition) is 0. The Hall–Kier alpha value is -0.590. The number of Topliss-reactive ketones (excluding diaryl/α,β-unsaturated/α-hetero) is 1. The molecule has 1 aliphatic carbocycles.